The van der Waals surface area contributed by atoms with Gasteiger partial charge in [0.2, 0.25) is 5.91 Å². The maximum Gasteiger partial charge on any atom is 0.227 e. The maximum absolute atomic E-state index is 12.3. The molecule has 0 radical (unpaired) electrons. The molecular formula is C18H19NO4S. The molecule has 1 atom stereocenters. The zero-order valence-electron chi connectivity index (χ0n) is 13.4. The highest BCUT2D eigenvalue weighted by Gasteiger charge is 2.25. The number of sulfone groups is 1. The van der Waals surface area contributed by atoms with E-state index in [9.17, 15) is 13.2 Å². The third-order valence-corrected chi connectivity index (χ3v) is 5.20. The number of rotatable bonds is 4. The predicted octanol–water partition coefficient (Wildman–Crippen LogP) is 1.96. The summed E-state index contributed by atoms with van der Waals surface area (Å²) in [5.74, 6) is 0.574. The Morgan fingerprint density at radius 2 is 1.88 bits per heavy atom. The second-order valence-electron chi connectivity index (χ2n) is 5.95. The summed E-state index contributed by atoms with van der Waals surface area (Å²) < 4.78 is 28.5. The number of ether oxygens (including phenoxy) is 1. The average molecular weight is 345 g/mol. The van der Waals surface area contributed by atoms with Crippen LogP contribution in [-0.2, 0) is 27.6 Å². The van der Waals surface area contributed by atoms with Crippen molar-refractivity contribution in [3.8, 4) is 5.75 Å². The fraction of sp³-hybridized carbons (Fsp3) is 0.278. The fourth-order valence-electron chi connectivity index (χ4n) is 2.68. The van der Waals surface area contributed by atoms with E-state index in [1.165, 1.54) is 6.26 Å². The zero-order valence-corrected chi connectivity index (χ0v) is 14.2. The van der Waals surface area contributed by atoms with Crippen LogP contribution < -0.4 is 10.1 Å². The lowest BCUT2D eigenvalue weighted by atomic mass is 9.96. The molecule has 0 aromatic heterocycles. The van der Waals surface area contributed by atoms with Crippen LogP contribution in [0.25, 0.3) is 0 Å². The van der Waals surface area contributed by atoms with Crippen LogP contribution in [0.4, 0.5) is 0 Å². The van der Waals surface area contributed by atoms with Crippen LogP contribution in [0, 0.1) is 5.92 Å². The summed E-state index contributed by atoms with van der Waals surface area (Å²) in [4.78, 5) is 12.6. The van der Waals surface area contributed by atoms with Crippen LogP contribution in [0.15, 0.2) is 53.4 Å². The van der Waals surface area contributed by atoms with E-state index in [4.69, 9.17) is 4.74 Å². The Bertz CT molecular complexity index is 844. The molecule has 1 unspecified atom stereocenters. The Morgan fingerprint density at radius 1 is 1.17 bits per heavy atom. The molecule has 24 heavy (non-hydrogen) atoms. The van der Waals surface area contributed by atoms with E-state index in [0.29, 0.717) is 19.6 Å². The van der Waals surface area contributed by atoms with Gasteiger partial charge in [0.15, 0.2) is 9.84 Å². The van der Waals surface area contributed by atoms with Crippen molar-refractivity contribution in [1.29, 1.82) is 0 Å². The van der Waals surface area contributed by atoms with E-state index >= 15 is 0 Å². The average Bonchev–Trinajstić information content (AvgIpc) is 2.59. The topological polar surface area (TPSA) is 72.5 Å². The molecule has 3 rings (SSSR count). The molecule has 0 saturated carbocycles. The van der Waals surface area contributed by atoms with Crippen LogP contribution in [0.1, 0.15) is 11.1 Å². The van der Waals surface area contributed by atoms with Gasteiger partial charge in [0.1, 0.15) is 12.4 Å². The second-order valence-corrected chi connectivity index (χ2v) is 7.97. The second kappa shape index (κ2) is 6.65. The summed E-state index contributed by atoms with van der Waals surface area (Å²) in [6, 6.07) is 14.3. The Hall–Kier alpha value is -2.34. The molecule has 1 aliphatic heterocycles. The zero-order chi connectivity index (χ0) is 17.2. The summed E-state index contributed by atoms with van der Waals surface area (Å²) >= 11 is 0. The van der Waals surface area contributed by atoms with E-state index in [1.807, 2.05) is 24.3 Å². The standard InChI is InChI=1S/C18H19NO4S/c1-24(21,22)16-8-6-13(7-9-16)11-19-18(20)15-10-14-4-2-3-5-17(14)23-12-15/h2-9,15H,10-12H2,1H3,(H,19,20). The van der Waals surface area contributed by atoms with Crippen LogP contribution in [0.3, 0.4) is 0 Å². The maximum atomic E-state index is 12.3. The summed E-state index contributed by atoms with van der Waals surface area (Å²) in [6.45, 7) is 0.733. The number of carbonyl (C=O) groups is 1. The van der Waals surface area contributed by atoms with Gasteiger partial charge < -0.3 is 10.1 Å². The summed E-state index contributed by atoms with van der Waals surface area (Å²) in [6.07, 6.45) is 1.83. The van der Waals surface area contributed by atoms with Crippen LogP contribution in [0.5, 0.6) is 5.75 Å². The lowest BCUT2D eigenvalue weighted by Crippen LogP contribution is -2.37. The minimum Gasteiger partial charge on any atom is -0.492 e. The van der Waals surface area contributed by atoms with E-state index in [0.717, 1.165) is 16.9 Å². The van der Waals surface area contributed by atoms with Crippen LogP contribution in [0.2, 0.25) is 0 Å². The van der Waals surface area contributed by atoms with Crippen molar-refractivity contribution in [1.82, 2.24) is 5.32 Å². The quantitative estimate of drug-likeness (QED) is 0.919. The minimum atomic E-state index is -3.20. The third-order valence-electron chi connectivity index (χ3n) is 4.07. The van der Waals surface area contributed by atoms with Gasteiger partial charge in [0, 0.05) is 12.8 Å². The number of carbonyl (C=O) groups excluding carboxylic acids is 1. The van der Waals surface area contributed by atoms with Crippen molar-refractivity contribution in [3.05, 3.63) is 59.7 Å². The largest absolute Gasteiger partial charge is 0.492 e. The van der Waals surface area contributed by atoms with E-state index in [-0.39, 0.29) is 16.7 Å². The van der Waals surface area contributed by atoms with Gasteiger partial charge in [-0.15, -0.1) is 0 Å². The molecule has 0 bridgehead atoms. The van der Waals surface area contributed by atoms with Gasteiger partial charge in [-0.3, -0.25) is 4.79 Å². The van der Waals surface area contributed by atoms with Crippen molar-refractivity contribution in [2.45, 2.75) is 17.9 Å². The van der Waals surface area contributed by atoms with Gasteiger partial charge in [0.25, 0.3) is 0 Å². The first-order valence-electron chi connectivity index (χ1n) is 7.71. The van der Waals surface area contributed by atoms with Crippen molar-refractivity contribution in [2.24, 2.45) is 5.92 Å². The number of amides is 1. The van der Waals surface area contributed by atoms with Crippen molar-refractivity contribution in [2.75, 3.05) is 12.9 Å². The molecule has 1 aliphatic rings. The molecule has 2 aromatic rings. The van der Waals surface area contributed by atoms with Gasteiger partial charge in [0.05, 0.1) is 10.8 Å². The monoisotopic (exact) mass is 345 g/mol. The Morgan fingerprint density at radius 3 is 2.58 bits per heavy atom. The SMILES string of the molecule is CS(=O)(=O)c1ccc(CNC(=O)C2COc3ccccc3C2)cc1. The molecule has 126 valence electrons. The number of nitrogens with one attached hydrogen (secondary N) is 1. The molecular weight excluding hydrogens is 326 g/mol. The number of hydrogen-bond donors (Lipinski definition) is 1. The molecule has 5 nitrogen and oxygen atoms in total. The predicted molar refractivity (Wildman–Crippen MR) is 90.5 cm³/mol. The Labute approximate surface area is 141 Å². The smallest absolute Gasteiger partial charge is 0.227 e. The number of para-hydroxylation sites is 1. The van der Waals surface area contributed by atoms with Gasteiger partial charge in [-0.2, -0.15) is 0 Å². The number of benzene rings is 2. The number of fused-ring (bicyclic) bond motifs is 1. The van der Waals surface area contributed by atoms with Gasteiger partial charge in [-0.25, -0.2) is 8.42 Å². The highest BCUT2D eigenvalue weighted by atomic mass is 32.2. The molecule has 0 aliphatic carbocycles. The number of hydrogen-bond acceptors (Lipinski definition) is 4. The first kappa shape index (κ1) is 16.5. The van der Waals surface area contributed by atoms with Crippen LogP contribution in [-0.4, -0.2) is 27.2 Å². The molecule has 0 saturated heterocycles. The molecule has 1 heterocycles. The van der Waals surface area contributed by atoms with Crippen molar-refractivity contribution >= 4 is 15.7 Å². The Balaban J connectivity index is 1.58. The fourth-order valence-corrected chi connectivity index (χ4v) is 3.31. The molecule has 0 spiro atoms. The van der Waals surface area contributed by atoms with Crippen LogP contribution >= 0.6 is 0 Å². The van der Waals surface area contributed by atoms with Gasteiger partial charge in [-0.1, -0.05) is 30.3 Å². The summed E-state index contributed by atoms with van der Waals surface area (Å²) in [5, 5.41) is 2.89. The third kappa shape index (κ3) is 3.76. The van der Waals surface area contributed by atoms with Gasteiger partial charge in [-0.05, 0) is 35.7 Å². The molecule has 1 N–H and O–H groups in total. The highest BCUT2D eigenvalue weighted by molar-refractivity contribution is 7.90. The highest BCUT2D eigenvalue weighted by Crippen LogP contribution is 2.26. The van der Waals surface area contributed by atoms with Gasteiger partial charge >= 0.3 is 0 Å². The Kier molecular flexibility index (Phi) is 4.57. The normalized spacial score (nSPS) is 16.8. The molecule has 1 amide bonds. The molecule has 0 fully saturated rings. The summed E-state index contributed by atoms with van der Waals surface area (Å²) in [7, 11) is -3.20. The lowest BCUT2D eigenvalue weighted by molar-refractivity contribution is -0.126. The van der Waals surface area contributed by atoms with E-state index in [2.05, 4.69) is 5.32 Å². The van der Waals surface area contributed by atoms with E-state index in [1.54, 1.807) is 24.3 Å². The first-order chi connectivity index (χ1) is 11.4. The van der Waals surface area contributed by atoms with Crippen molar-refractivity contribution < 1.29 is 17.9 Å². The molecule has 2 aromatic carbocycles. The molecule has 6 heteroatoms. The van der Waals surface area contributed by atoms with E-state index < -0.39 is 9.84 Å². The lowest BCUT2D eigenvalue weighted by Gasteiger charge is -2.24. The summed E-state index contributed by atoms with van der Waals surface area (Å²) in [5.41, 5.74) is 1.90. The minimum absolute atomic E-state index is 0.0586. The first-order valence-corrected chi connectivity index (χ1v) is 9.60. The van der Waals surface area contributed by atoms with Crippen molar-refractivity contribution in [3.63, 3.8) is 0 Å².